The van der Waals surface area contributed by atoms with E-state index in [2.05, 4.69) is 38.8 Å². The molecule has 0 radical (unpaired) electrons. The quantitative estimate of drug-likeness (QED) is 0.0579. The minimum atomic E-state index is -1.59. The van der Waals surface area contributed by atoms with Crippen molar-refractivity contribution in [3.8, 4) is 0 Å². The van der Waals surface area contributed by atoms with E-state index in [9.17, 15) is 58.2 Å². The summed E-state index contributed by atoms with van der Waals surface area (Å²) in [6.07, 6.45) is 0.503. The topological polar surface area (TPSA) is 361 Å². The highest BCUT2D eigenvalue weighted by molar-refractivity contribution is 5.98. The molecule has 2 unspecified atom stereocenters. The lowest BCUT2D eigenvalue weighted by Crippen LogP contribution is -2.59. The third-order valence-electron chi connectivity index (χ3n) is 13.9. The Kier molecular flexibility index (Phi) is 31.4. The van der Waals surface area contributed by atoms with E-state index in [1.54, 1.807) is 37.3 Å². The maximum Gasteiger partial charge on any atom is 0.245 e. The molecule has 1 aliphatic rings. The van der Waals surface area contributed by atoms with Gasteiger partial charge in [0.05, 0.1) is 30.2 Å². The monoisotopic (exact) mass is 1070 g/mol. The van der Waals surface area contributed by atoms with Gasteiger partial charge in [0.15, 0.2) is 11.6 Å². The van der Waals surface area contributed by atoms with Crippen LogP contribution in [0.5, 0.6) is 0 Å². The van der Waals surface area contributed by atoms with E-state index in [1.807, 2.05) is 13.8 Å². The molecule has 1 heterocycles. The van der Waals surface area contributed by atoms with E-state index in [0.29, 0.717) is 12.0 Å². The molecule has 21 heteroatoms. The second-order valence-electron chi connectivity index (χ2n) is 20.9. The molecule has 14 N–H and O–H groups in total. The van der Waals surface area contributed by atoms with Crippen LogP contribution in [0.2, 0.25) is 0 Å². The van der Waals surface area contributed by atoms with Crippen molar-refractivity contribution in [2.75, 3.05) is 26.2 Å². The lowest BCUT2D eigenvalue weighted by molar-refractivity contribution is -0.137. The molecule has 1 aliphatic heterocycles. The molecule has 6 amide bonds. The van der Waals surface area contributed by atoms with Crippen molar-refractivity contribution in [1.82, 2.24) is 31.9 Å². The minimum absolute atomic E-state index is 0.0169. The summed E-state index contributed by atoms with van der Waals surface area (Å²) in [5.41, 5.74) is 18.4. The van der Waals surface area contributed by atoms with Crippen molar-refractivity contribution < 1.29 is 58.2 Å². The third kappa shape index (κ3) is 23.8. The number of aliphatic hydroxyl groups is 2. The van der Waals surface area contributed by atoms with E-state index in [1.165, 1.54) is 13.8 Å². The fraction of sp³-hybridized carbons (Fsp3) is 0.709. The first-order chi connectivity index (χ1) is 36.1. The summed E-state index contributed by atoms with van der Waals surface area (Å²) in [6.45, 7) is 9.59. The first kappa shape index (κ1) is 66.6. The van der Waals surface area contributed by atoms with E-state index < -0.39 is 132 Å². The molecule has 0 saturated carbocycles. The predicted octanol–water partition coefficient (Wildman–Crippen LogP) is 1.10. The van der Waals surface area contributed by atoms with Gasteiger partial charge in [-0.05, 0) is 96.3 Å². The standard InChI is InChI=1S/C55H91N9O12/c1-7-9-10-11-15-18-40(67)32-41(34(5)65)52(73)60-42(8-2)47(69)29-37-22-26-59-55(76)49(35(6)66)64-54(75)44(21-25-58)62-53(74)43(20-24-57)61-51(72)39(27-33(3)4)31-48(70)45(28-36-16-13-12-14-17-36)63-50(71)38(19-23-56)30-46(37)68/h12-14,16-17,33-35,37-39,41-45,49,65-66H,7-11,15,18-32,56-58H2,1-6H3,(H,59,76)(H,60,73)(H,61,72)(H,62,74)(H,63,71)(H,64,75)/t34?,35?,37-,38-,39-,41+,42+,43+,44+,45-,49+/m1/s1. The summed E-state index contributed by atoms with van der Waals surface area (Å²) in [5.74, 6) is -11.0. The molecular weight excluding hydrogens is 979 g/mol. The van der Waals surface area contributed by atoms with Gasteiger partial charge in [-0.3, -0.25) is 47.9 Å². The Hall–Kier alpha value is -5.48. The number of unbranched alkanes of at least 4 members (excludes halogenated alkanes) is 4. The van der Waals surface area contributed by atoms with Gasteiger partial charge in [-0.25, -0.2) is 0 Å². The Morgan fingerprint density at radius 2 is 1.24 bits per heavy atom. The first-order valence-corrected chi connectivity index (χ1v) is 27.5. The molecule has 11 atom stereocenters. The second kappa shape index (κ2) is 35.8. The predicted molar refractivity (Wildman–Crippen MR) is 287 cm³/mol. The molecule has 1 saturated heterocycles. The minimum Gasteiger partial charge on any atom is -0.393 e. The number of rotatable bonds is 26. The van der Waals surface area contributed by atoms with Crippen molar-refractivity contribution in [3.05, 3.63) is 35.9 Å². The fourth-order valence-corrected chi connectivity index (χ4v) is 9.34. The van der Waals surface area contributed by atoms with Gasteiger partial charge in [0.25, 0.3) is 0 Å². The van der Waals surface area contributed by atoms with Crippen molar-refractivity contribution in [3.63, 3.8) is 0 Å². The zero-order chi connectivity index (χ0) is 56.9. The number of nitrogens with two attached hydrogens (primary N) is 3. The first-order valence-electron chi connectivity index (χ1n) is 27.5. The van der Waals surface area contributed by atoms with Crippen LogP contribution in [-0.4, -0.2) is 137 Å². The number of ketones is 4. The summed E-state index contributed by atoms with van der Waals surface area (Å²) in [7, 11) is 0. The highest BCUT2D eigenvalue weighted by Crippen LogP contribution is 2.23. The van der Waals surface area contributed by atoms with E-state index >= 15 is 0 Å². The molecule has 1 fully saturated rings. The lowest BCUT2D eigenvalue weighted by atomic mass is 9.85. The van der Waals surface area contributed by atoms with Gasteiger partial charge in [0.1, 0.15) is 29.7 Å². The van der Waals surface area contributed by atoms with Crippen LogP contribution < -0.4 is 49.1 Å². The molecule has 1 aromatic rings. The van der Waals surface area contributed by atoms with Gasteiger partial charge in [0.2, 0.25) is 35.4 Å². The maximum absolute atomic E-state index is 14.6. The molecule has 1 aromatic carbocycles. The molecule has 0 aromatic heterocycles. The number of benzene rings is 1. The molecule has 76 heavy (non-hydrogen) atoms. The number of hydrogen-bond donors (Lipinski definition) is 11. The number of Topliss-reactive ketones (excluding diaryl/α,β-unsaturated/α-hetero) is 4. The summed E-state index contributed by atoms with van der Waals surface area (Å²) in [4.78, 5) is 140. The fourth-order valence-electron chi connectivity index (χ4n) is 9.34. The SMILES string of the molecule is CCCCCCCC(=O)C[C@H](C(=O)N[C@@H](CC)C(=O)C[C@H]1CCNC(=O)[C@H](C(C)O)NC(=O)[C@H](CCN)NC(=O)[C@H](CCN)NC(=O)[C@H](CC(C)C)CC(=O)[C@@H](Cc2ccccc2)NC(=O)[C@H](CCN)CC1=O)C(C)O. The Morgan fingerprint density at radius 1 is 0.671 bits per heavy atom. The van der Waals surface area contributed by atoms with Gasteiger partial charge in [-0.15, -0.1) is 0 Å². The number of carbonyl (C=O) groups excluding carboxylic acids is 10. The highest BCUT2D eigenvalue weighted by Gasteiger charge is 2.37. The van der Waals surface area contributed by atoms with Gasteiger partial charge < -0.3 is 59.3 Å². The zero-order valence-corrected chi connectivity index (χ0v) is 45.9. The van der Waals surface area contributed by atoms with Gasteiger partial charge >= 0.3 is 0 Å². The highest BCUT2D eigenvalue weighted by atomic mass is 16.3. The maximum atomic E-state index is 14.6. The van der Waals surface area contributed by atoms with E-state index in [4.69, 9.17) is 17.2 Å². The van der Waals surface area contributed by atoms with E-state index in [-0.39, 0.29) is 102 Å². The number of carbonyl (C=O) groups is 10. The lowest BCUT2D eigenvalue weighted by Gasteiger charge is -2.27. The van der Waals surface area contributed by atoms with Crippen molar-refractivity contribution in [1.29, 1.82) is 0 Å². The van der Waals surface area contributed by atoms with E-state index in [0.717, 1.165) is 25.7 Å². The number of hydrogen-bond acceptors (Lipinski definition) is 15. The van der Waals surface area contributed by atoms with Crippen LogP contribution in [0.25, 0.3) is 0 Å². The smallest absolute Gasteiger partial charge is 0.245 e. The third-order valence-corrected chi connectivity index (χ3v) is 13.9. The van der Waals surface area contributed by atoms with Crippen LogP contribution in [0.1, 0.15) is 150 Å². The molecule has 0 spiro atoms. The van der Waals surface area contributed by atoms with Crippen LogP contribution in [0.15, 0.2) is 30.3 Å². The Bertz CT molecular complexity index is 2040. The average molecular weight is 1070 g/mol. The van der Waals surface area contributed by atoms with Crippen LogP contribution in [0.3, 0.4) is 0 Å². The van der Waals surface area contributed by atoms with Gasteiger partial charge in [-0.1, -0.05) is 83.7 Å². The largest absolute Gasteiger partial charge is 0.393 e. The normalized spacial score (nSPS) is 23.7. The second-order valence-corrected chi connectivity index (χ2v) is 20.9. The molecule has 0 bridgehead atoms. The molecule has 21 nitrogen and oxygen atoms in total. The Morgan fingerprint density at radius 3 is 1.80 bits per heavy atom. The number of nitrogens with one attached hydrogen (secondary N) is 6. The molecular formula is C55H91N9O12. The summed E-state index contributed by atoms with van der Waals surface area (Å²) in [5, 5.41) is 37.2. The number of amides is 6. The van der Waals surface area contributed by atoms with Gasteiger partial charge in [0, 0.05) is 56.4 Å². The van der Waals surface area contributed by atoms with Crippen LogP contribution in [-0.2, 0) is 54.4 Å². The van der Waals surface area contributed by atoms with Crippen molar-refractivity contribution in [2.24, 2.45) is 46.8 Å². The molecule has 428 valence electrons. The van der Waals surface area contributed by atoms with Crippen LogP contribution in [0, 0.1) is 29.6 Å². The van der Waals surface area contributed by atoms with Crippen molar-refractivity contribution >= 4 is 58.6 Å². The summed E-state index contributed by atoms with van der Waals surface area (Å²) in [6, 6.07) is 2.31. The average Bonchev–Trinajstić information content (AvgIpc) is 3.36. The summed E-state index contributed by atoms with van der Waals surface area (Å²) >= 11 is 0. The number of aliphatic hydroxyl groups excluding tert-OH is 2. The molecule has 2 rings (SSSR count). The van der Waals surface area contributed by atoms with Gasteiger partial charge in [-0.2, -0.15) is 0 Å². The van der Waals surface area contributed by atoms with Crippen LogP contribution >= 0.6 is 0 Å². The molecule has 0 aliphatic carbocycles. The Balaban J connectivity index is 2.67. The van der Waals surface area contributed by atoms with Crippen LogP contribution in [0.4, 0.5) is 0 Å². The van der Waals surface area contributed by atoms with Crippen molar-refractivity contribution in [2.45, 2.75) is 193 Å². The zero-order valence-electron chi connectivity index (χ0n) is 45.9. The Labute approximate surface area is 449 Å². The summed E-state index contributed by atoms with van der Waals surface area (Å²) < 4.78 is 0.